The number of amides is 2. The molecule has 132 valence electrons. The van der Waals surface area contributed by atoms with Gasteiger partial charge >= 0.3 is 12.0 Å². The Hall–Kier alpha value is -2.44. The van der Waals surface area contributed by atoms with Gasteiger partial charge in [0.05, 0.1) is 19.6 Å². The summed E-state index contributed by atoms with van der Waals surface area (Å²) in [5, 5.41) is 11.9. The van der Waals surface area contributed by atoms with Crippen molar-refractivity contribution in [2.75, 3.05) is 26.8 Å². The first-order valence-electron chi connectivity index (χ1n) is 8.10. The summed E-state index contributed by atoms with van der Waals surface area (Å²) in [6.07, 6.45) is 1.33. The fourth-order valence-electron chi connectivity index (χ4n) is 2.75. The highest BCUT2D eigenvalue weighted by atomic mass is 16.5. The molecular formula is C17H24N2O5. The molecule has 1 fully saturated rings. The minimum Gasteiger partial charge on any atom is -0.493 e. The van der Waals surface area contributed by atoms with Gasteiger partial charge in [0, 0.05) is 19.6 Å². The van der Waals surface area contributed by atoms with Gasteiger partial charge in [0.15, 0.2) is 11.5 Å². The summed E-state index contributed by atoms with van der Waals surface area (Å²) >= 11 is 0. The summed E-state index contributed by atoms with van der Waals surface area (Å²) in [6.45, 7) is 3.63. The molecule has 2 N–H and O–H groups in total. The van der Waals surface area contributed by atoms with Crippen molar-refractivity contribution in [3.05, 3.63) is 23.8 Å². The fraction of sp³-hybridized carbons (Fsp3) is 0.529. The zero-order valence-corrected chi connectivity index (χ0v) is 14.1. The number of ether oxygens (including phenoxy) is 2. The van der Waals surface area contributed by atoms with Crippen LogP contribution in [0.3, 0.4) is 0 Å². The number of carboxylic acid groups (broad SMARTS) is 1. The third-order valence-corrected chi connectivity index (χ3v) is 4.03. The lowest BCUT2D eigenvalue weighted by molar-refractivity contribution is -0.143. The molecule has 1 heterocycles. The summed E-state index contributed by atoms with van der Waals surface area (Å²) in [4.78, 5) is 24.9. The summed E-state index contributed by atoms with van der Waals surface area (Å²) in [6, 6.07) is 5.25. The van der Waals surface area contributed by atoms with E-state index in [4.69, 9.17) is 14.6 Å². The summed E-state index contributed by atoms with van der Waals surface area (Å²) < 4.78 is 10.8. The van der Waals surface area contributed by atoms with Gasteiger partial charge in [0.2, 0.25) is 0 Å². The molecule has 0 bridgehead atoms. The molecule has 0 aliphatic carbocycles. The van der Waals surface area contributed by atoms with Gasteiger partial charge in [-0.3, -0.25) is 4.79 Å². The molecule has 7 heteroatoms. The maximum atomic E-state index is 12.2. The summed E-state index contributed by atoms with van der Waals surface area (Å²) in [5.74, 6) is -0.0401. The number of carbonyl (C=O) groups excluding carboxylic acids is 1. The molecule has 0 radical (unpaired) electrons. The van der Waals surface area contributed by atoms with Crippen molar-refractivity contribution >= 4 is 12.0 Å². The number of nitrogens with one attached hydrogen (secondary N) is 1. The second kappa shape index (κ2) is 8.42. The van der Waals surface area contributed by atoms with Crippen LogP contribution in [0.4, 0.5) is 4.79 Å². The van der Waals surface area contributed by atoms with Gasteiger partial charge in [-0.25, -0.2) is 4.79 Å². The zero-order chi connectivity index (χ0) is 17.5. The van der Waals surface area contributed by atoms with Crippen LogP contribution in [0, 0.1) is 5.92 Å². The molecule has 2 rings (SSSR count). The second-order valence-corrected chi connectivity index (χ2v) is 5.70. The third-order valence-electron chi connectivity index (χ3n) is 4.03. The fourth-order valence-corrected chi connectivity index (χ4v) is 2.75. The highest BCUT2D eigenvalue weighted by Crippen LogP contribution is 2.28. The number of carboxylic acids is 1. The maximum Gasteiger partial charge on any atom is 0.317 e. The molecule has 1 aliphatic heterocycles. The number of aliphatic carboxylic acids is 1. The monoisotopic (exact) mass is 336 g/mol. The normalized spacial score (nSPS) is 17.2. The van der Waals surface area contributed by atoms with Gasteiger partial charge in [-0.1, -0.05) is 6.07 Å². The van der Waals surface area contributed by atoms with Crippen LogP contribution in [0.25, 0.3) is 0 Å². The lowest BCUT2D eigenvalue weighted by Gasteiger charge is -2.30. The van der Waals surface area contributed by atoms with Crippen LogP contribution >= 0.6 is 0 Å². The molecule has 2 amide bonds. The number of carbonyl (C=O) groups is 2. The SMILES string of the molecule is CCOc1ccc(CNC(=O)N2CCCC(C(=O)O)C2)cc1OC. The average Bonchev–Trinajstić information content (AvgIpc) is 2.60. The van der Waals surface area contributed by atoms with Crippen LogP contribution in [-0.4, -0.2) is 48.8 Å². The number of piperidine rings is 1. The third kappa shape index (κ3) is 4.53. The van der Waals surface area contributed by atoms with Gasteiger partial charge in [0.25, 0.3) is 0 Å². The first kappa shape index (κ1) is 17.9. The Morgan fingerprint density at radius 3 is 2.83 bits per heavy atom. The Morgan fingerprint density at radius 1 is 1.38 bits per heavy atom. The Morgan fingerprint density at radius 2 is 2.17 bits per heavy atom. The lowest BCUT2D eigenvalue weighted by atomic mass is 9.99. The molecule has 7 nitrogen and oxygen atoms in total. The van der Waals surface area contributed by atoms with E-state index >= 15 is 0 Å². The van der Waals surface area contributed by atoms with E-state index in [-0.39, 0.29) is 12.6 Å². The summed E-state index contributed by atoms with van der Waals surface area (Å²) in [5.41, 5.74) is 0.885. The number of rotatable bonds is 6. The van der Waals surface area contributed by atoms with E-state index in [2.05, 4.69) is 5.32 Å². The van der Waals surface area contributed by atoms with Gasteiger partial charge in [-0.15, -0.1) is 0 Å². The first-order chi connectivity index (χ1) is 11.5. The Kier molecular flexibility index (Phi) is 6.28. The predicted molar refractivity (Wildman–Crippen MR) is 88.3 cm³/mol. The number of hydrogen-bond acceptors (Lipinski definition) is 4. The minimum absolute atomic E-state index is 0.242. The van der Waals surface area contributed by atoms with E-state index in [1.165, 1.54) is 0 Å². The van der Waals surface area contributed by atoms with Crippen molar-refractivity contribution in [3.63, 3.8) is 0 Å². The highest BCUT2D eigenvalue weighted by molar-refractivity contribution is 5.76. The quantitative estimate of drug-likeness (QED) is 0.830. The van der Waals surface area contributed by atoms with Crippen molar-refractivity contribution in [2.45, 2.75) is 26.3 Å². The van der Waals surface area contributed by atoms with E-state index in [1.807, 2.05) is 25.1 Å². The number of benzene rings is 1. The number of urea groups is 1. The van der Waals surface area contributed by atoms with E-state index in [0.717, 1.165) is 5.56 Å². The van der Waals surface area contributed by atoms with Crippen molar-refractivity contribution in [1.29, 1.82) is 0 Å². The first-order valence-corrected chi connectivity index (χ1v) is 8.10. The van der Waals surface area contributed by atoms with Gasteiger partial charge in [-0.2, -0.15) is 0 Å². The number of hydrogen-bond donors (Lipinski definition) is 2. The molecule has 0 aromatic heterocycles. The van der Waals surface area contributed by atoms with E-state index < -0.39 is 11.9 Å². The molecule has 0 saturated carbocycles. The largest absolute Gasteiger partial charge is 0.493 e. The van der Waals surface area contributed by atoms with Crippen molar-refractivity contribution < 1.29 is 24.2 Å². The minimum atomic E-state index is -0.844. The molecule has 1 saturated heterocycles. The van der Waals surface area contributed by atoms with Crippen LogP contribution in [0.15, 0.2) is 18.2 Å². The molecule has 1 aromatic carbocycles. The smallest absolute Gasteiger partial charge is 0.317 e. The van der Waals surface area contributed by atoms with Crippen LogP contribution in [-0.2, 0) is 11.3 Å². The zero-order valence-electron chi connectivity index (χ0n) is 14.1. The van der Waals surface area contributed by atoms with E-state index in [9.17, 15) is 9.59 Å². The van der Waals surface area contributed by atoms with Gasteiger partial charge < -0.3 is 24.8 Å². The van der Waals surface area contributed by atoms with Crippen molar-refractivity contribution in [1.82, 2.24) is 10.2 Å². The standard InChI is InChI=1S/C17H24N2O5/c1-3-24-14-7-6-12(9-15(14)23-2)10-18-17(22)19-8-4-5-13(11-19)16(20)21/h6-7,9,13H,3-5,8,10-11H2,1-2H3,(H,18,22)(H,20,21). The Labute approximate surface area is 141 Å². The molecule has 24 heavy (non-hydrogen) atoms. The predicted octanol–water partition coefficient (Wildman–Crippen LogP) is 2.10. The second-order valence-electron chi connectivity index (χ2n) is 5.70. The maximum absolute atomic E-state index is 12.2. The molecule has 0 spiro atoms. The van der Waals surface area contributed by atoms with Gasteiger partial charge in [-0.05, 0) is 37.5 Å². The molecular weight excluding hydrogens is 312 g/mol. The van der Waals surface area contributed by atoms with Gasteiger partial charge in [0.1, 0.15) is 0 Å². The topological polar surface area (TPSA) is 88.1 Å². The molecule has 1 aromatic rings. The van der Waals surface area contributed by atoms with Crippen molar-refractivity contribution in [2.24, 2.45) is 5.92 Å². The Balaban J connectivity index is 1.92. The lowest BCUT2D eigenvalue weighted by Crippen LogP contribution is -2.46. The van der Waals surface area contributed by atoms with Crippen molar-refractivity contribution in [3.8, 4) is 11.5 Å². The highest BCUT2D eigenvalue weighted by Gasteiger charge is 2.27. The van der Waals surface area contributed by atoms with Crippen LogP contribution in [0.1, 0.15) is 25.3 Å². The average molecular weight is 336 g/mol. The molecule has 1 aliphatic rings. The summed E-state index contributed by atoms with van der Waals surface area (Å²) in [7, 11) is 1.57. The van der Waals surface area contributed by atoms with Crippen LogP contribution in [0.5, 0.6) is 11.5 Å². The van der Waals surface area contributed by atoms with Crippen LogP contribution in [0.2, 0.25) is 0 Å². The Bertz CT molecular complexity index is 590. The van der Waals surface area contributed by atoms with E-state index in [0.29, 0.717) is 44.0 Å². The number of methoxy groups -OCH3 is 1. The van der Waals surface area contributed by atoms with E-state index in [1.54, 1.807) is 12.0 Å². The molecule has 1 atom stereocenters. The number of nitrogens with zero attached hydrogens (tertiary/aromatic N) is 1. The molecule has 1 unspecified atom stereocenters. The number of likely N-dealkylation sites (tertiary alicyclic amines) is 1. The van der Waals surface area contributed by atoms with Crippen LogP contribution < -0.4 is 14.8 Å².